The van der Waals surface area contributed by atoms with E-state index in [2.05, 4.69) is 5.32 Å². The maximum absolute atomic E-state index is 12.3. The fraction of sp³-hybridized carbons (Fsp3) is 0.462. The highest BCUT2D eigenvalue weighted by molar-refractivity contribution is 8.13. The Bertz CT molecular complexity index is 654. The molecule has 1 fully saturated rings. The molecule has 1 aromatic rings. The number of hydrogen-bond donors (Lipinski definition) is 1. The Morgan fingerprint density at radius 3 is 2.71 bits per heavy atom. The molecular weight excluding hydrogens is 337 g/mol. The van der Waals surface area contributed by atoms with Crippen LogP contribution in [0.2, 0.25) is 5.02 Å². The van der Waals surface area contributed by atoms with Crippen molar-refractivity contribution in [2.45, 2.75) is 30.7 Å². The van der Waals surface area contributed by atoms with E-state index in [0.29, 0.717) is 18.8 Å². The Morgan fingerprint density at radius 1 is 1.43 bits per heavy atom. The third kappa shape index (κ3) is 4.10. The number of rotatable bonds is 3. The average molecular weight is 352 g/mol. The second-order valence-corrected chi connectivity index (χ2v) is 7.88. The summed E-state index contributed by atoms with van der Waals surface area (Å²) in [6, 6.07) is 2.39. The zero-order chi connectivity index (χ0) is 15.6. The van der Waals surface area contributed by atoms with Gasteiger partial charge in [-0.2, -0.15) is 0 Å². The molecule has 21 heavy (non-hydrogen) atoms. The van der Waals surface area contributed by atoms with Crippen LogP contribution >= 0.6 is 22.3 Å². The monoisotopic (exact) mass is 351 g/mol. The molecule has 1 aromatic carbocycles. The van der Waals surface area contributed by atoms with Crippen molar-refractivity contribution in [2.75, 3.05) is 13.2 Å². The highest BCUT2D eigenvalue weighted by Gasteiger charge is 2.22. The van der Waals surface area contributed by atoms with Gasteiger partial charge in [0.25, 0.3) is 15.0 Å². The zero-order valence-electron chi connectivity index (χ0n) is 11.4. The summed E-state index contributed by atoms with van der Waals surface area (Å²) in [6.45, 7) is 2.79. The molecule has 0 aliphatic carbocycles. The maximum Gasteiger partial charge on any atom is 0.261 e. The van der Waals surface area contributed by atoms with E-state index in [1.54, 1.807) is 6.92 Å². The molecule has 2 rings (SSSR count). The lowest BCUT2D eigenvalue weighted by Gasteiger charge is -2.23. The van der Waals surface area contributed by atoms with Gasteiger partial charge in [-0.05, 0) is 37.5 Å². The summed E-state index contributed by atoms with van der Waals surface area (Å²) in [5.74, 6) is -0.382. The summed E-state index contributed by atoms with van der Waals surface area (Å²) in [7, 11) is 1.37. The highest BCUT2D eigenvalue weighted by Crippen LogP contribution is 2.26. The zero-order valence-corrected chi connectivity index (χ0v) is 13.7. The van der Waals surface area contributed by atoms with Gasteiger partial charge in [0.15, 0.2) is 0 Å². The molecule has 1 unspecified atom stereocenters. The van der Waals surface area contributed by atoms with Gasteiger partial charge in [0.2, 0.25) is 0 Å². The van der Waals surface area contributed by atoms with Gasteiger partial charge in [-0.1, -0.05) is 11.6 Å². The molecule has 0 saturated carbocycles. The summed E-state index contributed by atoms with van der Waals surface area (Å²) >= 11 is 5.98. The van der Waals surface area contributed by atoms with Crippen molar-refractivity contribution in [2.24, 2.45) is 0 Å². The quantitative estimate of drug-likeness (QED) is 0.849. The van der Waals surface area contributed by atoms with E-state index >= 15 is 0 Å². The van der Waals surface area contributed by atoms with Crippen LogP contribution in [0.15, 0.2) is 17.0 Å². The number of ether oxygens (including phenoxy) is 1. The fourth-order valence-electron chi connectivity index (χ4n) is 2.15. The van der Waals surface area contributed by atoms with Crippen LogP contribution < -0.4 is 5.32 Å². The molecule has 8 heteroatoms. The first-order chi connectivity index (χ1) is 9.79. The van der Waals surface area contributed by atoms with Crippen LogP contribution in [0.4, 0.5) is 0 Å². The van der Waals surface area contributed by atoms with Gasteiger partial charge in [0.1, 0.15) is 0 Å². The van der Waals surface area contributed by atoms with Crippen LogP contribution in [0, 0.1) is 6.92 Å². The molecule has 0 aromatic heterocycles. The van der Waals surface area contributed by atoms with Crippen LogP contribution in [0.1, 0.15) is 28.8 Å². The minimum atomic E-state index is -3.95. The van der Waals surface area contributed by atoms with Crippen molar-refractivity contribution in [1.82, 2.24) is 5.32 Å². The topological polar surface area (TPSA) is 72.5 Å². The molecule has 1 heterocycles. The van der Waals surface area contributed by atoms with Crippen LogP contribution in [0.3, 0.4) is 0 Å². The second-order valence-electron chi connectivity index (χ2n) is 4.90. The molecule has 116 valence electrons. The maximum atomic E-state index is 12.3. The van der Waals surface area contributed by atoms with E-state index in [0.717, 1.165) is 12.8 Å². The van der Waals surface area contributed by atoms with Gasteiger partial charge >= 0.3 is 0 Å². The Hall–Kier alpha value is -0.820. The molecule has 0 radical (unpaired) electrons. The first kappa shape index (κ1) is 16.5. The molecule has 1 aliphatic rings. The van der Waals surface area contributed by atoms with Gasteiger partial charge in [0, 0.05) is 27.9 Å². The first-order valence-electron chi connectivity index (χ1n) is 6.42. The van der Waals surface area contributed by atoms with Crippen molar-refractivity contribution >= 4 is 37.2 Å². The standard InChI is InChI=1S/C13H15Cl2NO4S/c1-8-11(5-10(6-12(8)14)21(15,18)19)13(17)16-9-3-2-4-20-7-9/h5-6,9H,2-4,7H2,1H3,(H,16,17). The molecular formula is C13H15Cl2NO4S. The predicted molar refractivity (Wildman–Crippen MR) is 80.5 cm³/mol. The second kappa shape index (κ2) is 6.52. The van der Waals surface area contributed by atoms with Gasteiger partial charge in [-0.25, -0.2) is 8.42 Å². The first-order valence-corrected chi connectivity index (χ1v) is 9.11. The fourth-order valence-corrected chi connectivity index (χ4v) is 3.22. The molecule has 5 nitrogen and oxygen atoms in total. The van der Waals surface area contributed by atoms with Crippen molar-refractivity contribution in [1.29, 1.82) is 0 Å². The number of hydrogen-bond acceptors (Lipinski definition) is 4. The predicted octanol–water partition coefficient (Wildman–Crippen LogP) is 2.48. The van der Waals surface area contributed by atoms with Crippen LogP contribution in [0.25, 0.3) is 0 Å². The van der Waals surface area contributed by atoms with E-state index < -0.39 is 9.05 Å². The van der Waals surface area contributed by atoms with Crippen molar-refractivity contribution in [3.8, 4) is 0 Å². The van der Waals surface area contributed by atoms with Gasteiger partial charge in [-0.15, -0.1) is 0 Å². The number of carbonyl (C=O) groups excluding carboxylic acids is 1. The number of benzene rings is 1. The molecule has 1 aliphatic heterocycles. The van der Waals surface area contributed by atoms with Gasteiger partial charge in [0.05, 0.1) is 17.5 Å². The summed E-state index contributed by atoms with van der Waals surface area (Å²) in [5, 5.41) is 3.00. The number of halogens is 2. The van der Waals surface area contributed by atoms with E-state index in [-0.39, 0.29) is 27.4 Å². The smallest absolute Gasteiger partial charge is 0.261 e. The van der Waals surface area contributed by atoms with Crippen LogP contribution in [-0.2, 0) is 13.8 Å². The van der Waals surface area contributed by atoms with E-state index in [1.165, 1.54) is 12.1 Å². The van der Waals surface area contributed by atoms with E-state index in [1.807, 2.05) is 0 Å². The number of amides is 1. The summed E-state index contributed by atoms with van der Waals surface area (Å²) in [4.78, 5) is 12.1. The molecule has 1 amide bonds. The SMILES string of the molecule is Cc1c(Cl)cc(S(=O)(=O)Cl)cc1C(=O)NC1CCCOC1. The summed E-state index contributed by atoms with van der Waals surface area (Å²) in [5.41, 5.74) is 0.710. The molecule has 1 atom stereocenters. The third-order valence-corrected chi connectivity index (χ3v) is 5.07. The van der Waals surface area contributed by atoms with Crippen molar-refractivity contribution in [3.63, 3.8) is 0 Å². The number of carbonyl (C=O) groups is 1. The number of nitrogens with one attached hydrogen (secondary N) is 1. The van der Waals surface area contributed by atoms with Gasteiger partial charge < -0.3 is 10.1 Å². The van der Waals surface area contributed by atoms with Crippen LogP contribution in [-0.4, -0.2) is 33.6 Å². The summed E-state index contributed by atoms with van der Waals surface area (Å²) < 4.78 is 28.1. The average Bonchev–Trinajstić information content (AvgIpc) is 2.41. The van der Waals surface area contributed by atoms with E-state index in [4.69, 9.17) is 27.0 Å². The van der Waals surface area contributed by atoms with Gasteiger partial charge in [-0.3, -0.25) is 4.79 Å². The lowest BCUT2D eigenvalue weighted by atomic mass is 10.1. The lowest BCUT2D eigenvalue weighted by Crippen LogP contribution is -2.40. The Labute approximate surface area is 133 Å². The lowest BCUT2D eigenvalue weighted by molar-refractivity contribution is 0.0624. The third-order valence-electron chi connectivity index (χ3n) is 3.34. The molecule has 1 N–H and O–H groups in total. The minimum Gasteiger partial charge on any atom is -0.379 e. The van der Waals surface area contributed by atoms with Crippen molar-refractivity contribution < 1.29 is 17.9 Å². The summed E-state index contributed by atoms with van der Waals surface area (Å²) in [6.07, 6.45) is 1.70. The Balaban J connectivity index is 2.29. The molecule has 1 saturated heterocycles. The van der Waals surface area contributed by atoms with E-state index in [9.17, 15) is 13.2 Å². The Morgan fingerprint density at radius 2 is 2.14 bits per heavy atom. The normalized spacial score (nSPS) is 19.3. The minimum absolute atomic E-state index is 0.0827. The largest absolute Gasteiger partial charge is 0.379 e. The Kier molecular flexibility index (Phi) is 5.14. The molecule has 0 spiro atoms. The van der Waals surface area contributed by atoms with Crippen molar-refractivity contribution in [3.05, 3.63) is 28.3 Å². The van der Waals surface area contributed by atoms with Crippen LogP contribution in [0.5, 0.6) is 0 Å². The highest BCUT2D eigenvalue weighted by atomic mass is 35.7. The molecule has 0 bridgehead atoms.